The number of guanidine groups is 1. The molecular weight excluding hydrogens is 398 g/mol. The average Bonchev–Trinajstić information content (AvgIpc) is 3.22. The van der Waals surface area contributed by atoms with Crippen LogP contribution in [0.1, 0.15) is 29.4 Å². The maximum absolute atomic E-state index is 10.6. The quantitative estimate of drug-likeness (QED) is 0.418. The van der Waals surface area contributed by atoms with E-state index in [2.05, 4.69) is 46.0 Å². The molecule has 2 heterocycles. The number of hydrogen-bond acceptors (Lipinski definition) is 5. The molecule has 1 aliphatic heterocycles. The Balaban J connectivity index is 1.18. The Morgan fingerprint density at radius 3 is 2.77 bits per heavy atom. The Hall–Kier alpha value is -2.77. The van der Waals surface area contributed by atoms with E-state index in [1.165, 1.54) is 15.6 Å². The Labute approximate surface area is 179 Å². The molecule has 7 heteroatoms. The Bertz CT molecular complexity index is 1060. The van der Waals surface area contributed by atoms with Gasteiger partial charge in [0.1, 0.15) is 6.10 Å². The van der Waals surface area contributed by atoms with Crippen LogP contribution in [0.3, 0.4) is 0 Å². The highest BCUT2D eigenvalue weighted by atomic mass is 32.1. The number of aliphatic hydroxyl groups is 1. The first-order chi connectivity index (χ1) is 14.7. The molecule has 1 unspecified atom stereocenters. The normalized spacial score (nSPS) is 17.7. The van der Waals surface area contributed by atoms with Crippen molar-refractivity contribution in [2.75, 3.05) is 26.9 Å². The highest BCUT2D eigenvalue weighted by Gasteiger charge is 2.44. The SMILES string of the molecule is CN=C(NCC(O)c1cc2ccccc2s1)NCC1(c2ccc3c(c2)OCO3)CC1. The zero-order valence-electron chi connectivity index (χ0n) is 16.9. The molecule has 2 aromatic carbocycles. The van der Waals surface area contributed by atoms with Gasteiger partial charge in [-0.3, -0.25) is 4.99 Å². The summed E-state index contributed by atoms with van der Waals surface area (Å²) in [4.78, 5) is 5.28. The molecule has 1 aliphatic carbocycles. The third-order valence-electron chi connectivity index (χ3n) is 5.89. The maximum Gasteiger partial charge on any atom is 0.231 e. The number of aliphatic imine (C=N–C) groups is 1. The largest absolute Gasteiger partial charge is 0.454 e. The lowest BCUT2D eigenvalue weighted by Gasteiger charge is -2.20. The molecule has 5 rings (SSSR count). The second kappa shape index (κ2) is 7.81. The van der Waals surface area contributed by atoms with E-state index in [1.807, 2.05) is 18.2 Å². The lowest BCUT2D eigenvalue weighted by Crippen LogP contribution is -2.42. The number of ether oxygens (including phenoxy) is 2. The monoisotopic (exact) mass is 423 g/mol. The highest BCUT2D eigenvalue weighted by molar-refractivity contribution is 7.19. The number of benzene rings is 2. The number of hydrogen-bond donors (Lipinski definition) is 3. The summed E-state index contributed by atoms with van der Waals surface area (Å²) in [5.41, 5.74) is 1.36. The van der Waals surface area contributed by atoms with Crippen molar-refractivity contribution in [1.29, 1.82) is 0 Å². The van der Waals surface area contributed by atoms with E-state index in [4.69, 9.17) is 9.47 Å². The van der Waals surface area contributed by atoms with E-state index >= 15 is 0 Å². The van der Waals surface area contributed by atoms with Crippen LogP contribution in [-0.2, 0) is 5.41 Å². The number of nitrogens with zero attached hydrogens (tertiary/aromatic N) is 1. The summed E-state index contributed by atoms with van der Waals surface area (Å²) in [6.45, 7) is 1.48. The van der Waals surface area contributed by atoms with Gasteiger partial charge in [-0.15, -0.1) is 11.3 Å². The summed E-state index contributed by atoms with van der Waals surface area (Å²) < 4.78 is 12.1. The number of aliphatic hydroxyl groups excluding tert-OH is 1. The third-order valence-corrected chi connectivity index (χ3v) is 7.11. The lowest BCUT2D eigenvalue weighted by molar-refractivity contribution is 0.174. The molecule has 1 atom stereocenters. The number of nitrogens with one attached hydrogen (secondary N) is 2. The molecule has 30 heavy (non-hydrogen) atoms. The van der Waals surface area contributed by atoms with Gasteiger partial charge in [-0.25, -0.2) is 0 Å². The summed E-state index contributed by atoms with van der Waals surface area (Å²) in [5.74, 6) is 2.34. The van der Waals surface area contributed by atoms with Crippen LogP contribution >= 0.6 is 11.3 Å². The van der Waals surface area contributed by atoms with E-state index in [9.17, 15) is 5.11 Å². The van der Waals surface area contributed by atoms with E-state index in [-0.39, 0.29) is 5.41 Å². The second-order valence-corrected chi connectivity index (χ2v) is 8.97. The fourth-order valence-electron chi connectivity index (χ4n) is 3.88. The van der Waals surface area contributed by atoms with Crippen molar-refractivity contribution in [1.82, 2.24) is 10.6 Å². The molecule has 156 valence electrons. The van der Waals surface area contributed by atoms with E-state index in [0.717, 1.165) is 35.8 Å². The van der Waals surface area contributed by atoms with Gasteiger partial charge in [-0.05, 0) is 48.1 Å². The van der Waals surface area contributed by atoms with E-state index in [1.54, 1.807) is 18.4 Å². The molecule has 3 N–H and O–H groups in total. The van der Waals surface area contributed by atoms with Crippen molar-refractivity contribution < 1.29 is 14.6 Å². The van der Waals surface area contributed by atoms with Crippen LogP contribution in [0, 0.1) is 0 Å². The topological polar surface area (TPSA) is 75.1 Å². The first kappa shape index (κ1) is 19.2. The summed E-state index contributed by atoms with van der Waals surface area (Å²) in [5, 5.41) is 18.5. The van der Waals surface area contributed by atoms with Crippen molar-refractivity contribution in [3.63, 3.8) is 0 Å². The number of thiophene rings is 1. The fraction of sp³-hybridized carbons (Fsp3) is 0.348. The van der Waals surface area contributed by atoms with Gasteiger partial charge in [-0.2, -0.15) is 0 Å². The van der Waals surface area contributed by atoms with Crippen LogP contribution in [0.5, 0.6) is 11.5 Å². The first-order valence-corrected chi connectivity index (χ1v) is 11.0. The highest BCUT2D eigenvalue weighted by Crippen LogP contribution is 2.49. The molecule has 0 bridgehead atoms. The molecule has 1 saturated carbocycles. The van der Waals surface area contributed by atoms with Crippen LogP contribution < -0.4 is 20.1 Å². The third kappa shape index (κ3) is 3.70. The Kier molecular flexibility index (Phi) is 5.00. The van der Waals surface area contributed by atoms with Crippen LogP contribution in [0.15, 0.2) is 53.5 Å². The van der Waals surface area contributed by atoms with Gasteiger partial charge < -0.3 is 25.2 Å². The zero-order chi connectivity index (χ0) is 20.6. The molecule has 1 aromatic heterocycles. The standard InChI is InChI=1S/C23H25N3O3S/c1-24-22(25-12-17(27)21-10-15-4-2-3-5-20(15)30-21)26-13-23(8-9-23)16-6-7-18-19(11-16)29-14-28-18/h2-7,10-11,17,27H,8-9,12-14H2,1H3,(H2,24,25,26). The average molecular weight is 424 g/mol. The van der Waals surface area contributed by atoms with Crippen LogP contribution in [-0.4, -0.2) is 38.0 Å². The molecule has 1 fully saturated rings. The van der Waals surface area contributed by atoms with Gasteiger partial charge >= 0.3 is 0 Å². The summed E-state index contributed by atoms with van der Waals surface area (Å²) in [6.07, 6.45) is 1.67. The maximum atomic E-state index is 10.6. The summed E-state index contributed by atoms with van der Waals surface area (Å²) in [6, 6.07) is 16.5. The number of fused-ring (bicyclic) bond motifs is 2. The minimum absolute atomic E-state index is 0.0999. The minimum atomic E-state index is -0.579. The van der Waals surface area contributed by atoms with Gasteiger partial charge in [0.15, 0.2) is 17.5 Å². The molecule has 3 aromatic rings. The summed E-state index contributed by atoms with van der Waals surface area (Å²) in [7, 11) is 1.75. The van der Waals surface area contributed by atoms with Crippen molar-refractivity contribution in [2.45, 2.75) is 24.4 Å². The molecule has 0 radical (unpaired) electrons. The Morgan fingerprint density at radius 1 is 1.13 bits per heavy atom. The minimum Gasteiger partial charge on any atom is -0.454 e. The van der Waals surface area contributed by atoms with Crippen LogP contribution in [0.2, 0.25) is 0 Å². The molecule has 6 nitrogen and oxygen atoms in total. The van der Waals surface area contributed by atoms with E-state index in [0.29, 0.717) is 19.3 Å². The van der Waals surface area contributed by atoms with Crippen LogP contribution in [0.25, 0.3) is 10.1 Å². The zero-order valence-corrected chi connectivity index (χ0v) is 17.7. The summed E-state index contributed by atoms with van der Waals surface area (Å²) >= 11 is 1.63. The van der Waals surface area contributed by atoms with Gasteiger partial charge in [0.25, 0.3) is 0 Å². The molecule has 2 aliphatic rings. The number of rotatable bonds is 6. The Morgan fingerprint density at radius 2 is 1.97 bits per heavy atom. The second-order valence-electron chi connectivity index (χ2n) is 7.86. The van der Waals surface area contributed by atoms with Gasteiger partial charge in [0, 0.05) is 35.1 Å². The van der Waals surface area contributed by atoms with Gasteiger partial charge in [0.2, 0.25) is 6.79 Å². The smallest absolute Gasteiger partial charge is 0.231 e. The predicted octanol–water partition coefficient (Wildman–Crippen LogP) is 3.56. The molecule has 0 spiro atoms. The van der Waals surface area contributed by atoms with Crippen molar-refractivity contribution in [2.24, 2.45) is 4.99 Å². The molecule has 0 saturated heterocycles. The van der Waals surface area contributed by atoms with Crippen molar-refractivity contribution in [3.05, 3.63) is 59.0 Å². The fourth-order valence-corrected chi connectivity index (χ4v) is 4.93. The van der Waals surface area contributed by atoms with Gasteiger partial charge in [0.05, 0.1) is 0 Å². The van der Waals surface area contributed by atoms with E-state index < -0.39 is 6.10 Å². The van der Waals surface area contributed by atoms with Crippen LogP contribution in [0.4, 0.5) is 0 Å². The predicted molar refractivity (Wildman–Crippen MR) is 120 cm³/mol. The van der Waals surface area contributed by atoms with Gasteiger partial charge in [-0.1, -0.05) is 24.3 Å². The molecular formula is C23H25N3O3S. The van der Waals surface area contributed by atoms with Crippen molar-refractivity contribution in [3.8, 4) is 11.5 Å². The molecule has 0 amide bonds. The van der Waals surface area contributed by atoms with Crippen molar-refractivity contribution >= 4 is 27.4 Å². The first-order valence-electron chi connectivity index (χ1n) is 10.2. The lowest BCUT2D eigenvalue weighted by atomic mass is 9.95.